The van der Waals surface area contributed by atoms with Crippen molar-refractivity contribution in [1.82, 2.24) is 4.90 Å². The number of nitrogens with zero attached hydrogens (tertiary/aromatic N) is 1. The number of fused-ring (bicyclic) bond motifs is 5. The number of nitrogens with two attached hydrogens (primary N) is 1. The Balaban J connectivity index is 2.06. The fraction of sp³-hybridized carbons (Fsp3) is 0.571. The van der Waals surface area contributed by atoms with Gasteiger partial charge >= 0.3 is 0 Å². The molecule has 3 rings (SSSR count). The molecule has 2 N–H and O–H groups in total. The van der Waals surface area contributed by atoms with Gasteiger partial charge < -0.3 is 5.73 Å². The van der Waals surface area contributed by atoms with Gasteiger partial charge in [-0.15, -0.1) is 0 Å². The first kappa shape index (κ1) is 11.7. The Morgan fingerprint density at radius 3 is 2.89 bits per heavy atom. The van der Waals surface area contributed by atoms with Crippen LogP contribution in [-0.2, 0) is 9.59 Å². The molecule has 1 saturated heterocycles. The zero-order chi connectivity index (χ0) is 13.1. The first-order chi connectivity index (χ1) is 8.51. The van der Waals surface area contributed by atoms with Crippen molar-refractivity contribution in [3.8, 4) is 0 Å². The number of piperidine rings is 1. The molecule has 0 aromatic carbocycles. The van der Waals surface area contributed by atoms with Gasteiger partial charge in [0.2, 0.25) is 5.91 Å². The minimum atomic E-state index is -0.487. The van der Waals surface area contributed by atoms with E-state index in [-0.39, 0.29) is 23.7 Å². The smallest absolute Gasteiger partial charge is 0.256 e. The van der Waals surface area contributed by atoms with Gasteiger partial charge in [-0.25, -0.2) is 0 Å². The summed E-state index contributed by atoms with van der Waals surface area (Å²) in [5.74, 6) is 0.244. The minimum absolute atomic E-state index is 0.0125. The van der Waals surface area contributed by atoms with Gasteiger partial charge in [-0.3, -0.25) is 14.5 Å². The van der Waals surface area contributed by atoms with Crippen LogP contribution in [0.1, 0.15) is 13.3 Å². The molecule has 4 atom stereocenters. The molecule has 2 fully saturated rings. The molecule has 1 aliphatic heterocycles. The van der Waals surface area contributed by atoms with Crippen molar-refractivity contribution in [2.45, 2.75) is 13.3 Å². The van der Waals surface area contributed by atoms with Crippen LogP contribution in [0.3, 0.4) is 0 Å². The molecule has 0 spiro atoms. The fourth-order valence-electron chi connectivity index (χ4n) is 4.03. The number of carbonyl (C=O) groups excluding carboxylic acids is 2. The molecule has 0 aromatic heterocycles. The zero-order valence-electron chi connectivity index (χ0n) is 10.6. The van der Waals surface area contributed by atoms with Crippen LogP contribution in [0.15, 0.2) is 24.3 Å². The monoisotopic (exact) mass is 246 g/mol. The second kappa shape index (κ2) is 3.54. The molecule has 3 aliphatic rings. The van der Waals surface area contributed by atoms with Gasteiger partial charge in [0.25, 0.3) is 5.91 Å². The third kappa shape index (κ3) is 1.14. The van der Waals surface area contributed by atoms with Crippen molar-refractivity contribution in [3.63, 3.8) is 0 Å². The molecule has 2 bridgehead atoms. The lowest BCUT2D eigenvalue weighted by Crippen LogP contribution is -2.58. The molecule has 4 nitrogen and oxygen atoms in total. The molecular weight excluding hydrogens is 228 g/mol. The third-order valence-electron chi connectivity index (χ3n) is 4.92. The normalized spacial score (nSPS) is 41.8. The maximum atomic E-state index is 12.6. The zero-order valence-corrected chi connectivity index (χ0v) is 10.6. The Labute approximate surface area is 107 Å². The summed E-state index contributed by atoms with van der Waals surface area (Å²) >= 11 is 0. The van der Waals surface area contributed by atoms with E-state index in [2.05, 4.69) is 18.7 Å². The van der Waals surface area contributed by atoms with Crippen molar-refractivity contribution in [2.24, 2.45) is 28.9 Å². The molecule has 1 saturated carbocycles. The highest BCUT2D eigenvalue weighted by Gasteiger charge is 2.63. The summed E-state index contributed by atoms with van der Waals surface area (Å²) in [5.41, 5.74) is 5.59. The van der Waals surface area contributed by atoms with Gasteiger partial charge in [-0.2, -0.15) is 0 Å². The van der Waals surface area contributed by atoms with E-state index in [9.17, 15) is 9.59 Å². The van der Waals surface area contributed by atoms with Crippen molar-refractivity contribution in [1.29, 1.82) is 0 Å². The Bertz CT molecular complexity index is 482. The van der Waals surface area contributed by atoms with Crippen LogP contribution in [0.2, 0.25) is 0 Å². The van der Waals surface area contributed by atoms with E-state index < -0.39 is 5.41 Å². The predicted octanol–water partition coefficient (Wildman–Crippen LogP) is 0.698. The predicted molar refractivity (Wildman–Crippen MR) is 67.2 cm³/mol. The Hall–Kier alpha value is -1.42. The van der Waals surface area contributed by atoms with Crippen molar-refractivity contribution in [2.75, 3.05) is 13.1 Å². The molecule has 0 radical (unpaired) electrons. The average Bonchev–Trinajstić information content (AvgIpc) is 2.92. The van der Waals surface area contributed by atoms with Gasteiger partial charge in [-0.05, 0) is 25.2 Å². The van der Waals surface area contributed by atoms with Crippen LogP contribution in [0.5, 0.6) is 0 Å². The fourth-order valence-corrected chi connectivity index (χ4v) is 4.03. The van der Waals surface area contributed by atoms with Crippen molar-refractivity contribution in [3.05, 3.63) is 24.3 Å². The summed E-state index contributed by atoms with van der Waals surface area (Å²) in [6.07, 6.45) is 5.24. The number of rotatable bonds is 2. The van der Waals surface area contributed by atoms with Gasteiger partial charge in [0.15, 0.2) is 0 Å². The molecule has 4 unspecified atom stereocenters. The highest BCUT2D eigenvalue weighted by atomic mass is 16.2. The van der Waals surface area contributed by atoms with E-state index in [0.29, 0.717) is 24.6 Å². The Morgan fingerprint density at radius 1 is 1.50 bits per heavy atom. The Kier molecular flexibility index (Phi) is 2.29. The molecule has 0 aromatic rings. The van der Waals surface area contributed by atoms with E-state index >= 15 is 0 Å². The lowest BCUT2D eigenvalue weighted by molar-refractivity contribution is -0.157. The van der Waals surface area contributed by atoms with E-state index in [1.165, 1.54) is 4.90 Å². The maximum Gasteiger partial charge on any atom is 0.256 e. The van der Waals surface area contributed by atoms with Crippen molar-refractivity contribution >= 4 is 11.8 Å². The summed E-state index contributed by atoms with van der Waals surface area (Å²) in [6.45, 7) is 6.52. The van der Waals surface area contributed by atoms with Gasteiger partial charge in [0.1, 0.15) is 0 Å². The highest BCUT2D eigenvalue weighted by Crippen LogP contribution is 2.60. The number of likely N-dealkylation sites (tertiary alicyclic amines) is 1. The summed E-state index contributed by atoms with van der Waals surface area (Å²) < 4.78 is 0. The standard InChI is InChI=1S/C14H18N2O2/c1-8-11-9-3-4-10(7-9)14(11,2)13(18)16(6-5-15)12(8)17/h3-4,9-11H,1,5-7,15H2,2H3. The molecule has 18 heavy (non-hydrogen) atoms. The molecular formula is C14H18N2O2. The van der Waals surface area contributed by atoms with Crippen LogP contribution >= 0.6 is 0 Å². The van der Waals surface area contributed by atoms with E-state index in [4.69, 9.17) is 5.73 Å². The van der Waals surface area contributed by atoms with Crippen LogP contribution in [0.25, 0.3) is 0 Å². The molecule has 1 heterocycles. The first-order valence-corrected chi connectivity index (χ1v) is 6.45. The molecule has 4 heteroatoms. The maximum absolute atomic E-state index is 12.6. The first-order valence-electron chi connectivity index (χ1n) is 6.45. The number of imide groups is 1. The van der Waals surface area contributed by atoms with E-state index in [1.54, 1.807) is 0 Å². The number of hydrogen-bond donors (Lipinski definition) is 1. The summed E-state index contributed by atoms with van der Waals surface area (Å²) in [7, 11) is 0. The lowest BCUT2D eigenvalue weighted by atomic mass is 9.64. The SMILES string of the molecule is C=C1C(=O)N(CCN)C(=O)C2(C)C3C=CC(C3)C12. The average molecular weight is 246 g/mol. The van der Waals surface area contributed by atoms with Gasteiger partial charge in [-0.1, -0.05) is 18.7 Å². The van der Waals surface area contributed by atoms with Gasteiger partial charge in [0.05, 0.1) is 5.41 Å². The number of carbonyl (C=O) groups is 2. The molecule has 96 valence electrons. The minimum Gasteiger partial charge on any atom is -0.329 e. The quantitative estimate of drug-likeness (QED) is 0.443. The van der Waals surface area contributed by atoms with E-state index in [0.717, 1.165) is 6.42 Å². The van der Waals surface area contributed by atoms with Crippen LogP contribution in [0, 0.1) is 23.2 Å². The second-order valence-corrected chi connectivity index (χ2v) is 5.73. The summed E-state index contributed by atoms with van der Waals surface area (Å²) in [5, 5.41) is 0. The van der Waals surface area contributed by atoms with Gasteiger partial charge in [0, 0.05) is 24.6 Å². The third-order valence-corrected chi connectivity index (χ3v) is 4.92. The van der Waals surface area contributed by atoms with Crippen LogP contribution < -0.4 is 5.73 Å². The number of allylic oxidation sites excluding steroid dienone is 2. The number of hydrogen-bond acceptors (Lipinski definition) is 3. The van der Waals surface area contributed by atoms with Crippen LogP contribution in [-0.4, -0.2) is 29.8 Å². The van der Waals surface area contributed by atoms with Crippen LogP contribution in [0.4, 0.5) is 0 Å². The van der Waals surface area contributed by atoms with Crippen molar-refractivity contribution < 1.29 is 9.59 Å². The molecule has 2 amide bonds. The highest BCUT2D eigenvalue weighted by molar-refractivity contribution is 6.10. The lowest BCUT2D eigenvalue weighted by Gasteiger charge is -2.45. The largest absolute Gasteiger partial charge is 0.329 e. The molecule has 2 aliphatic carbocycles. The second-order valence-electron chi connectivity index (χ2n) is 5.73. The Morgan fingerprint density at radius 2 is 2.22 bits per heavy atom. The topological polar surface area (TPSA) is 63.4 Å². The summed E-state index contributed by atoms with van der Waals surface area (Å²) in [6, 6.07) is 0. The summed E-state index contributed by atoms with van der Waals surface area (Å²) in [4.78, 5) is 26.2. The number of amides is 2. The van der Waals surface area contributed by atoms with E-state index in [1.807, 2.05) is 6.92 Å².